The van der Waals surface area contributed by atoms with E-state index in [2.05, 4.69) is 31.3 Å². The number of phosphoric acid groups is 1. The van der Waals surface area contributed by atoms with Crippen molar-refractivity contribution in [2.24, 2.45) is 0 Å². The molecule has 0 aromatic carbocycles. The molecular formula is C57H116N2O6P+. The molecule has 0 aliphatic heterocycles. The van der Waals surface area contributed by atoms with Gasteiger partial charge in [0.2, 0.25) is 5.91 Å². The summed E-state index contributed by atoms with van der Waals surface area (Å²) >= 11 is 0. The van der Waals surface area contributed by atoms with Crippen LogP contribution >= 0.6 is 7.82 Å². The summed E-state index contributed by atoms with van der Waals surface area (Å²) in [6.45, 7) is 4.87. The van der Waals surface area contributed by atoms with E-state index in [0.29, 0.717) is 23.9 Å². The number of aliphatic hydroxyl groups is 1. The molecule has 0 rings (SSSR count). The van der Waals surface area contributed by atoms with Gasteiger partial charge in [0.25, 0.3) is 0 Å². The van der Waals surface area contributed by atoms with Crippen LogP contribution in [0.2, 0.25) is 0 Å². The molecule has 0 saturated carbocycles. The van der Waals surface area contributed by atoms with Gasteiger partial charge < -0.3 is 19.8 Å². The van der Waals surface area contributed by atoms with Gasteiger partial charge in [-0.05, 0) is 38.5 Å². The molecule has 3 N–H and O–H groups in total. The summed E-state index contributed by atoms with van der Waals surface area (Å²) in [5, 5.41) is 13.9. The fourth-order valence-electron chi connectivity index (χ4n) is 8.93. The van der Waals surface area contributed by atoms with Gasteiger partial charge in [0.05, 0.1) is 39.9 Å². The van der Waals surface area contributed by atoms with E-state index in [1.165, 1.54) is 231 Å². The van der Waals surface area contributed by atoms with Crippen LogP contribution in [0.4, 0.5) is 0 Å². The molecule has 3 atom stereocenters. The summed E-state index contributed by atoms with van der Waals surface area (Å²) in [7, 11) is 1.63. The van der Waals surface area contributed by atoms with E-state index in [0.717, 1.165) is 38.5 Å². The van der Waals surface area contributed by atoms with E-state index in [4.69, 9.17) is 9.05 Å². The summed E-state index contributed by atoms with van der Waals surface area (Å²) in [5.74, 6) is -0.143. The average molecular weight is 957 g/mol. The van der Waals surface area contributed by atoms with Crippen LogP contribution in [0.1, 0.15) is 296 Å². The van der Waals surface area contributed by atoms with E-state index in [1.54, 1.807) is 0 Å². The van der Waals surface area contributed by atoms with Crippen LogP contribution in [0.15, 0.2) is 12.2 Å². The van der Waals surface area contributed by atoms with Crippen LogP contribution in [0.25, 0.3) is 0 Å². The van der Waals surface area contributed by atoms with E-state index in [1.807, 2.05) is 21.1 Å². The van der Waals surface area contributed by atoms with Gasteiger partial charge in [-0.25, -0.2) is 4.57 Å². The Hall–Kier alpha value is -0.760. The van der Waals surface area contributed by atoms with Crippen LogP contribution < -0.4 is 5.32 Å². The average Bonchev–Trinajstić information content (AvgIpc) is 3.28. The summed E-state index contributed by atoms with van der Waals surface area (Å²) < 4.78 is 23.6. The van der Waals surface area contributed by atoms with Gasteiger partial charge in [-0.15, -0.1) is 0 Å². The molecule has 8 nitrogen and oxygen atoms in total. The Balaban J connectivity index is 3.72. The number of phosphoric ester groups is 1. The minimum absolute atomic E-state index is 0.0773. The van der Waals surface area contributed by atoms with Crippen molar-refractivity contribution >= 4 is 13.7 Å². The minimum atomic E-state index is -4.30. The molecule has 3 unspecified atom stereocenters. The van der Waals surface area contributed by atoms with Gasteiger partial charge in [-0.2, -0.15) is 0 Å². The van der Waals surface area contributed by atoms with Crippen molar-refractivity contribution in [1.29, 1.82) is 0 Å². The molecule has 0 bridgehead atoms. The maximum atomic E-state index is 12.9. The third-order valence-corrected chi connectivity index (χ3v) is 14.5. The Morgan fingerprint density at radius 3 is 1.17 bits per heavy atom. The number of allylic oxidation sites excluding steroid dienone is 2. The molecule has 0 fully saturated rings. The Kier molecular flexibility index (Phi) is 48.7. The van der Waals surface area contributed by atoms with Crippen molar-refractivity contribution < 1.29 is 32.9 Å². The van der Waals surface area contributed by atoms with Gasteiger partial charge in [0.1, 0.15) is 13.2 Å². The van der Waals surface area contributed by atoms with Crippen molar-refractivity contribution in [2.75, 3.05) is 40.9 Å². The highest BCUT2D eigenvalue weighted by Crippen LogP contribution is 2.43. The molecule has 0 aromatic rings. The minimum Gasteiger partial charge on any atom is -0.391 e. The standard InChI is InChI=1S/C57H115N2O6P/c1-6-8-10-12-14-15-16-17-18-19-20-21-22-23-24-25-26-27-28-29-30-31-32-33-34-35-36-37-38-39-40-41-42-43-45-47-49-51-57(61)58-55(56(60)50-48-46-44-13-11-9-7-2)54-65-66(62,63)64-53-52-59(3,4)5/h19-20,55-56,60H,6-18,21-54H2,1-5H3,(H-,58,61,62,63)/p+1/b20-19-. The highest BCUT2D eigenvalue weighted by atomic mass is 31.2. The van der Waals surface area contributed by atoms with E-state index >= 15 is 0 Å². The third-order valence-electron chi connectivity index (χ3n) is 13.5. The molecule has 394 valence electrons. The first-order chi connectivity index (χ1) is 32.0. The summed E-state index contributed by atoms with van der Waals surface area (Å²) in [5.41, 5.74) is 0. The topological polar surface area (TPSA) is 105 Å². The predicted octanol–water partition coefficient (Wildman–Crippen LogP) is 17.4. The van der Waals surface area contributed by atoms with Gasteiger partial charge in [-0.1, -0.05) is 264 Å². The van der Waals surface area contributed by atoms with Crippen molar-refractivity contribution in [3.05, 3.63) is 12.2 Å². The van der Waals surface area contributed by atoms with Crippen molar-refractivity contribution in [3.63, 3.8) is 0 Å². The monoisotopic (exact) mass is 956 g/mol. The number of unbranched alkanes of at least 4 members (excludes halogenated alkanes) is 39. The number of likely N-dealkylation sites (N-methyl/N-ethyl adjacent to an activating group) is 1. The van der Waals surface area contributed by atoms with E-state index < -0.39 is 20.0 Å². The highest BCUT2D eigenvalue weighted by molar-refractivity contribution is 7.47. The summed E-state index contributed by atoms with van der Waals surface area (Å²) in [6.07, 6.45) is 60.5. The van der Waals surface area contributed by atoms with Gasteiger partial charge in [0.15, 0.2) is 0 Å². The first kappa shape index (κ1) is 65.2. The van der Waals surface area contributed by atoms with Crippen molar-refractivity contribution in [3.8, 4) is 0 Å². The van der Waals surface area contributed by atoms with Gasteiger partial charge >= 0.3 is 7.82 Å². The third kappa shape index (κ3) is 51.1. The van der Waals surface area contributed by atoms with Crippen LogP contribution in [0.5, 0.6) is 0 Å². The zero-order valence-electron chi connectivity index (χ0n) is 45.0. The molecule has 0 spiro atoms. The number of carbonyl (C=O) groups excluding carboxylic acids is 1. The molecule has 66 heavy (non-hydrogen) atoms. The van der Waals surface area contributed by atoms with Gasteiger partial charge in [-0.3, -0.25) is 13.8 Å². The van der Waals surface area contributed by atoms with Crippen molar-refractivity contribution in [1.82, 2.24) is 5.32 Å². The summed E-state index contributed by atoms with van der Waals surface area (Å²) in [6, 6.07) is -0.753. The number of rotatable bonds is 54. The van der Waals surface area contributed by atoms with Crippen molar-refractivity contribution in [2.45, 2.75) is 309 Å². The molecule has 9 heteroatoms. The Bertz CT molecular complexity index is 1080. The molecule has 1 amide bonds. The van der Waals surface area contributed by atoms with Crippen LogP contribution in [-0.2, 0) is 18.4 Å². The molecule has 0 aliphatic carbocycles. The lowest BCUT2D eigenvalue weighted by molar-refractivity contribution is -0.870. The van der Waals surface area contributed by atoms with Crippen LogP contribution in [0.3, 0.4) is 0 Å². The Morgan fingerprint density at radius 1 is 0.500 bits per heavy atom. The highest BCUT2D eigenvalue weighted by Gasteiger charge is 2.28. The Labute approximate surface area is 412 Å². The lowest BCUT2D eigenvalue weighted by atomic mass is 10.0. The number of hydrogen-bond acceptors (Lipinski definition) is 5. The number of amides is 1. The number of carbonyl (C=O) groups is 1. The first-order valence-electron chi connectivity index (χ1n) is 29.1. The second-order valence-electron chi connectivity index (χ2n) is 21.4. The molecule has 0 saturated heterocycles. The molecule has 0 heterocycles. The van der Waals surface area contributed by atoms with Crippen LogP contribution in [-0.4, -0.2) is 73.4 Å². The first-order valence-corrected chi connectivity index (χ1v) is 30.5. The second kappa shape index (κ2) is 49.2. The maximum Gasteiger partial charge on any atom is 0.472 e. The number of aliphatic hydroxyl groups excluding tert-OH is 1. The van der Waals surface area contributed by atoms with E-state index in [-0.39, 0.29) is 19.1 Å². The summed E-state index contributed by atoms with van der Waals surface area (Å²) in [4.78, 5) is 23.1. The maximum absolute atomic E-state index is 12.9. The predicted molar refractivity (Wildman–Crippen MR) is 286 cm³/mol. The number of nitrogens with one attached hydrogen (secondary N) is 1. The molecule has 0 aromatic heterocycles. The number of hydrogen-bond donors (Lipinski definition) is 3. The van der Waals surface area contributed by atoms with Gasteiger partial charge in [0, 0.05) is 6.42 Å². The SMILES string of the molecule is CCCCCCCCCC/C=C\CCCCCCCCCCCCCCCCCCCCCCCCCCCC(=O)NC(COP(=O)(O)OCC[N+](C)(C)C)C(O)CCCCCCCCC. The normalized spacial score (nSPS) is 14.0. The molecule has 0 aliphatic rings. The fourth-order valence-corrected chi connectivity index (χ4v) is 9.66. The lowest BCUT2D eigenvalue weighted by Gasteiger charge is -2.26. The van der Waals surface area contributed by atoms with E-state index in [9.17, 15) is 19.4 Å². The smallest absolute Gasteiger partial charge is 0.391 e. The number of quaternary nitrogens is 1. The van der Waals surface area contributed by atoms with Crippen LogP contribution in [0, 0.1) is 0 Å². The quantitative estimate of drug-likeness (QED) is 0.0243. The second-order valence-corrected chi connectivity index (χ2v) is 22.8. The molecular weight excluding hydrogens is 840 g/mol. The largest absolute Gasteiger partial charge is 0.472 e. The zero-order chi connectivity index (χ0) is 48.5. The fraction of sp³-hybridized carbons (Fsp3) is 0.947. The number of nitrogens with zero attached hydrogens (tertiary/aromatic N) is 1. The molecule has 0 radical (unpaired) electrons. The lowest BCUT2D eigenvalue weighted by Crippen LogP contribution is -2.46. The zero-order valence-corrected chi connectivity index (χ0v) is 45.9. The Morgan fingerprint density at radius 2 is 0.818 bits per heavy atom.